The maximum atomic E-state index is 12.5. The number of carbonyl (C=O) groups excluding carboxylic acids is 1. The third kappa shape index (κ3) is 3.37. The van der Waals surface area contributed by atoms with Crippen molar-refractivity contribution in [2.24, 2.45) is 5.92 Å². The number of carbonyl (C=O) groups is 1. The topological polar surface area (TPSA) is 29.1 Å². The van der Waals surface area contributed by atoms with Gasteiger partial charge in [-0.25, -0.2) is 0 Å². The molecule has 0 bridgehead atoms. The largest absolute Gasteiger partial charge is 0.347 e. The smallest absolute Gasteiger partial charge is 0.251 e. The monoisotopic (exact) mass is 259 g/mol. The second-order valence-corrected chi connectivity index (χ2v) is 6.52. The van der Waals surface area contributed by atoms with Crippen LogP contribution in [0.4, 0.5) is 0 Å². The van der Waals surface area contributed by atoms with E-state index < -0.39 is 0 Å². The Balaban J connectivity index is 2.10. The summed E-state index contributed by atoms with van der Waals surface area (Å²) in [5.41, 5.74) is 2.98. The molecule has 0 aromatic heterocycles. The molecule has 2 rings (SSSR count). The molecule has 2 heteroatoms. The van der Waals surface area contributed by atoms with E-state index in [1.165, 1.54) is 12.8 Å². The molecule has 1 fully saturated rings. The van der Waals surface area contributed by atoms with Crippen LogP contribution in [-0.2, 0) is 0 Å². The Morgan fingerprint density at radius 2 is 1.89 bits per heavy atom. The highest BCUT2D eigenvalue weighted by Crippen LogP contribution is 2.31. The molecular weight excluding hydrogens is 234 g/mol. The predicted molar refractivity (Wildman–Crippen MR) is 79.4 cm³/mol. The maximum Gasteiger partial charge on any atom is 0.251 e. The van der Waals surface area contributed by atoms with E-state index in [2.05, 4.69) is 25.2 Å². The number of hydrogen-bond acceptors (Lipinski definition) is 1. The third-order valence-corrected chi connectivity index (χ3v) is 4.43. The molecule has 1 saturated carbocycles. The molecule has 0 aliphatic heterocycles. The summed E-state index contributed by atoms with van der Waals surface area (Å²) in [6, 6.07) is 6.06. The van der Waals surface area contributed by atoms with Crippen molar-refractivity contribution < 1.29 is 4.79 Å². The number of benzene rings is 1. The molecule has 0 saturated heterocycles. The summed E-state index contributed by atoms with van der Waals surface area (Å²) >= 11 is 0. The Hall–Kier alpha value is -1.31. The normalized spacial score (nSPS) is 27.1. The Morgan fingerprint density at radius 1 is 1.26 bits per heavy atom. The Bertz CT molecular complexity index is 470. The highest BCUT2D eigenvalue weighted by Gasteiger charge is 2.31. The van der Waals surface area contributed by atoms with Crippen LogP contribution in [0.5, 0.6) is 0 Å². The summed E-state index contributed by atoms with van der Waals surface area (Å²) in [6.45, 7) is 8.51. The molecule has 1 aromatic carbocycles. The van der Waals surface area contributed by atoms with Crippen LogP contribution in [0.3, 0.4) is 0 Å². The molecule has 0 unspecified atom stereocenters. The summed E-state index contributed by atoms with van der Waals surface area (Å²) in [5, 5.41) is 3.26. The molecule has 1 aliphatic rings. The summed E-state index contributed by atoms with van der Waals surface area (Å²) < 4.78 is 0. The molecule has 0 radical (unpaired) electrons. The van der Waals surface area contributed by atoms with Crippen molar-refractivity contribution in [3.05, 3.63) is 34.9 Å². The molecule has 0 atom stereocenters. The standard InChI is InChI=1S/C17H25NO/c1-12-7-9-17(4,10-8-12)18-16(19)15-11-13(2)5-6-14(15)3/h5-6,11-12H,7-10H2,1-4H3,(H,18,19). The van der Waals surface area contributed by atoms with Crippen molar-refractivity contribution in [3.63, 3.8) is 0 Å². The van der Waals surface area contributed by atoms with Crippen LogP contribution in [0, 0.1) is 19.8 Å². The van der Waals surface area contributed by atoms with E-state index in [4.69, 9.17) is 0 Å². The summed E-state index contributed by atoms with van der Waals surface area (Å²) in [6.07, 6.45) is 4.60. The highest BCUT2D eigenvalue weighted by atomic mass is 16.1. The molecule has 1 N–H and O–H groups in total. The quantitative estimate of drug-likeness (QED) is 0.854. The number of aryl methyl sites for hydroxylation is 2. The van der Waals surface area contributed by atoms with Gasteiger partial charge in [0, 0.05) is 11.1 Å². The Kier molecular flexibility index (Phi) is 3.98. The molecule has 1 aliphatic carbocycles. The zero-order chi connectivity index (χ0) is 14.0. The van der Waals surface area contributed by atoms with Crippen LogP contribution in [0.15, 0.2) is 18.2 Å². The van der Waals surface area contributed by atoms with Crippen LogP contribution < -0.4 is 5.32 Å². The van der Waals surface area contributed by atoms with E-state index in [9.17, 15) is 4.79 Å². The van der Waals surface area contributed by atoms with Gasteiger partial charge in [-0.05, 0) is 64.0 Å². The first kappa shape index (κ1) is 14.1. The van der Waals surface area contributed by atoms with E-state index in [1.54, 1.807) is 0 Å². The first-order valence-electron chi connectivity index (χ1n) is 7.29. The number of rotatable bonds is 2. The summed E-state index contributed by atoms with van der Waals surface area (Å²) in [7, 11) is 0. The lowest BCUT2D eigenvalue weighted by molar-refractivity contribution is 0.0869. The fourth-order valence-electron chi connectivity index (χ4n) is 2.85. The number of amides is 1. The average Bonchev–Trinajstić information content (AvgIpc) is 2.36. The van der Waals surface area contributed by atoms with Gasteiger partial charge >= 0.3 is 0 Å². The van der Waals surface area contributed by atoms with Gasteiger partial charge in [0.1, 0.15) is 0 Å². The van der Waals surface area contributed by atoms with Crippen LogP contribution in [0.2, 0.25) is 0 Å². The second kappa shape index (κ2) is 5.36. The fraction of sp³-hybridized carbons (Fsp3) is 0.588. The van der Waals surface area contributed by atoms with Crippen molar-refractivity contribution in [1.82, 2.24) is 5.32 Å². The first-order chi connectivity index (χ1) is 8.89. The lowest BCUT2D eigenvalue weighted by atomic mass is 9.78. The zero-order valence-electron chi connectivity index (χ0n) is 12.5. The molecule has 0 spiro atoms. The van der Waals surface area contributed by atoms with Crippen molar-refractivity contribution in [2.75, 3.05) is 0 Å². The van der Waals surface area contributed by atoms with Gasteiger partial charge in [0.05, 0.1) is 0 Å². The second-order valence-electron chi connectivity index (χ2n) is 6.52. The van der Waals surface area contributed by atoms with Gasteiger partial charge in [-0.2, -0.15) is 0 Å². The van der Waals surface area contributed by atoms with Crippen molar-refractivity contribution in [2.45, 2.75) is 58.9 Å². The molecule has 2 nitrogen and oxygen atoms in total. The Morgan fingerprint density at radius 3 is 2.53 bits per heavy atom. The van der Waals surface area contributed by atoms with E-state index in [-0.39, 0.29) is 11.4 Å². The van der Waals surface area contributed by atoms with Gasteiger partial charge in [-0.15, -0.1) is 0 Å². The minimum Gasteiger partial charge on any atom is -0.347 e. The van der Waals surface area contributed by atoms with E-state index >= 15 is 0 Å². The molecule has 1 amide bonds. The molecule has 19 heavy (non-hydrogen) atoms. The van der Waals surface area contributed by atoms with Gasteiger partial charge in [-0.3, -0.25) is 4.79 Å². The van der Waals surface area contributed by atoms with Gasteiger partial charge in [0.25, 0.3) is 5.91 Å². The SMILES string of the molecule is Cc1ccc(C)c(C(=O)NC2(C)CCC(C)CC2)c1. The van der Waals surface area contributed by atoms with Crippen LogP contribution >= 0.6 is 0 Å². The molecule has 0 heterocycles. The van der Waals surface area contributed by atoms with Crippen LogP contribution in [-0.4, -0.2) is 11.4 Å². The van der Waals surface area contributed by atoms with E-state index in [0.717, 1.165) is 35.4 Å². The van der Waals surface area contributed by atoms with Crippen molar-refractivity contribution in [1.29, 1.82) is 0 Å². The maximum absolute atomic E-state index is 12.5. The van der Waals surface area contributed by atoms with Crippen LogP contribution in [0.25, 0.3) is 0 Å². The number of hydrogen-bond donors (Lipinski definition) is 1. The molecule has 1 aromatic rings. The van der Waals surface area contributed by atoms with Gasteiger partial charge in [-0.1, -0.05) is 24.6 Å². The first-order valence-corrected chi connectivity index (χ1v) is 7.29. The predicted octanol–water partition coefficient (Wildman–Crippen LogP) is 4.00. The summed E-state index contributed by atoms with van der Waals surface area (Å²) in [4.78, 5) is 12.5. The number of nitrogens with one attached hydrogen (secondary N) is 1. The van der Waals surface area contributed by atoms with Gasteiger partial charge in [0.15, 0.2) is 0 Å². The third-order valence-electron chi connectivity index (χ3n) is 4.43. The lowest BCUT2D eigenvalue weighted by Crippen LogP contribution is -2.48. The van der Waals surface area contributed by atoms with Crippen molar-refractivity contribution >= 4 is 5.91 Å². The van der Waals surface area contributed by atoms with Crippen molar-refractivity contribution in [3.8, 4) is 0 Å². The van der Waals surface area contributed by atoms with Gasteiger partial charge in [0.2, 0.25) is 0 Å². The molecule has 104 valence electrons. The highest BCUT2D eigenvalue weighted by molar-refractivity contribution is 5.96. The van der Waals surface area contributed by atoms with E-state index in [0.29, 0.717) is 0 Å². The minimum atomic E-state index is -0.0280. The van der Waals surface area contributed by atoms with Crippen LogP contribution in [0.1, 0.15) is 61.0 Å². The van der Waals surface area contributed by atoms with E-state index in [1.807, 2.05) is 26.0 Å². The Labute approximate surface area is 116 Å². The van der Waals surface area contributed by atoms with Gasteiger partial charge < -0.3 is 5.32 Å². The average molecular weight is 259 g/mol. The lowest BCUT2D eigenvalue weighted by Gasteiger charge is -2.37. The fourth-order valence-corrected chi connectivity index (χ4v) is 2.85. The minimum absolute atomic E-state index is 0.0280. The summed E-state index contributed by atoms with van der Waals surface area (Å²) in [5.74, 6) is 0.879. The molecular formula is C17H25NO. The zero-order valence-corrected chi connectivity index (χ0v) is 12.5.